The van der Waals surface area contributed by atoms with Gasteiger partial charge in [-0.1, -0.05) is 29.8 Å². The van der Waals surface area contributed by atoms with Gasteiger partial charge in [0, 0.05) is 35.3 Å². The van der Waals surface area contributed by atoms with E-state index < -0.39 is 9.84 Å². The number of nitrogens with one attached hydrogen (secondary N) is 2. The molecule has 6 nitrogen and oxygen atoms in total. The maximum Gasteiger partial charge on any atom is 0.222 e. The van der Waals surface area contributed by atoms with E-state index in [1.807, 2.05) is 32.2 Å². The summed E-state index contributed by atoms with van der Waals surface area (Å²) in [6, 6.07) is 13.0. The predicted octanol–water partition coefficient (Wildman–Crippen LogP) is 3.16. The van der Waals surface area contributed by atoms with E-state index in [9.17, 15) is 13.2 Å². The van der Waals surface area contributed by atoms with Crippen LogP contribution in [-0.4, -0.2) is 44.3 Å². The highest BCUT2D eigenvalue weighted by Crippen LogP contribution is 2.41. The first-order chi connectivity index (χ1) is 14.9. The number of rotatable bonds is 4. The maximum atomic E-state index is 13.4. The second-order valence-corrected chi connectivity index (χ2v) is 10.1. The molecular weight excluding hydrogens is 410 g/mol. The Morgan fingerprint density at radius 1 is 1.19 bits per heavy atom. The molecule has 5 rings (SSSR count). The van der Waals surface area contributed by atoms with Gasteiger partial charge in [0.05, 0.1) is 4.90 Å². The Bertz CT molecular complexity index is 1360. The lowest BCUT2D eigenvalue weighted by Gasteiger charge is -2.38. The number of hydrogen-bond acceptors (Lipinski definition) is 4. The topological polar surface area (TPSA) is 82.3 Å². The molecule has 31 heavy (non-hydrogen) atoms. The number of aromatic amines is 1. The van der Waals surface area contributed by atoms with Gasteiger partial charge in [0.2, 0.25) is 16.2 Å². The molecule has 2 heterocycles. The van der Waals surface area contributed by atoms with Crippen LogP contribution in [0.15, 0.2) is 70.2 Å². The van der Waals surface area contributed by atoms with Crippen LogP contribution in [0.5, 0.6) is 0 Å². The van der Waals surface area contributed by atoms with Gasteiger partial charge in [-0.3, -0.25) is 9.69 Å². The zero-order valence-corrected chi connectivity index (χ0v) is 18.2. The van der Waals surface area contributed by atoms with Crippen LogP contribution in [0.3, 0.4) is 0 Å². The highest BCUT2D eigenvalue weighted by atomic mass is 32.2. The third-order valence-electron chi connectivity index (χ3n) is 6.23. The third-order valence-corrected chi connectivity index (χ3v) is 8.04. The van der Waals surface area contributed by atoms with Crippen molar-refractivity contribution < 1.29 is 13.2 Å². The Morgan fingerprint density at radius 2 is 1.97 bits per heavy atom. The Hall–Kier alpha value is -3.16. The summed E-state index contributed by atoms with van der Waals surface area (Å²) in [6.07, 6.45) is 5.30. The molecule has 0 bridgehead atoms. The summed E-state index contributed by atoms with van der Waals surface area (Å²) >= 11 is 0. The second kappa shape index (κ2) is 7.21. The van der Waals surface area contributed by atoms with Crippen LogP contribution in [0.2, 0.25) is 0 Å². The fraction of sp³-hybridized carbons (Fsp3) is 0.208. The Balaban J connectivity index is 1.72. The third kappa shape index (κ3) is 3.12. The average molecular weight is 434 g/mol. The van der Waals surface area contributed by atoms with Gasteiger partial charge in [-0.25, -0.2) is 8.42 Å². The van der Waals surface area contributed by atoms with Gasteiger partial charge < -0.3 is 10.3 Å². The molecule has 2 aromatic carbocycles. The van der Waals surface area contributed by atoms with Crippen LogP contribution in [0.1, 0.15) is 16.7 Å². The van der Waals surface area contributed by atoms with E-state index in [-0.39, 0.29) is 16.0 Å². The van der Waals surface area contributed by atoms with E-state index in [1.165, 1.54) is 10.9 Å². The molecule has 3 aromatic rings. The molecule has 1 aliphatic carbocycles. The van der Waals surface area contributed by atoms with E-state index in [4.69, 9.17) is 0 Å². The highest BCUT2D eigenvalue weighted by molar-refractivity contribution is 7.95. The quantitative estimate of drug-likeness (QED) is 0.620. The summed E-state index contributed by atoms with van der Waals surface area (Å²) in [4.78, 5) is 17.0. The average Bonchev–Trinajstić information content (AvgIpc) is 3.17. The molecule has 0 radical (unpaired) electrons. The highest BCUT2D eigenvalue weighted by Gasteiger charge is 2.34. The lowest BCUT2D eigenvalue weighted by molar-refractivity contribution is -0.108. The fourth-order valence-electron chi connectivity index (χ4n) is 4.70. The molecule has 0 spiro atoms. The molecule has 1 amide bonds. The molecular formula is C24H23N3O3S. The lowest BCUT2D eigenvalue weighted by Crippen LogP contribution is -2.41. The van der Waals surface area contributed by atoms with Gasteiger partial charge in [-0.05, 0) is 61.4 Å². The number of aryl methyl sites for hydroxylation is 1. The van der Waals surface area contributed by atoms with Crippen molar-refractivity contribution in [2.24, 2.45) is 0 Å². The number of benzene rings is 2. The zero-order valence-electron chi connectivity index (χ0n) is 17.3. The number of hydrogen-bond donors (Lipinski definition) is 2. The normalized spacial score (nSPS) is 20.2. The zero-order chi connectivity index (χ0) is 21.8. The predicted molar refractivity (Wildman–Crippen MR) is 121 cm³/mol. The number of carbonyl (C=O) groups is 1. The van der Waals surface area contributed by atoms with E-state index in [2.05, 4.69) is 27.5 Å². The van der Waals surface area contributed by atoms with Crippen molar-refractivity contribution in [2.75, 3.05) is 13.6 Å². The van der Waals surface area contributed by atoms with E-state index in [1.54, 1.807) is 24.3 Å². The summed E-state index contributed by atoms with van der Waals surface area (Å²) in [6.45, 7) is 2.32. The van der Waals surface area contributed by atoms with Crippen LogP contribution in [-0.2, 0) is 21.1 Å². The Kier molecular flexibility index (Phi) is 4.60. The maximum absolute atomic E-state index is 13.4. The molecule has 0 saturated carbocycles. The first-order valence-electron chi connectivity index (χ1n) is 10.2. The summed E-state index contributed by atoms with van der Waals surface area (Å²) in [5.41, 5.74) is 6.07. The molecule has 2 N–H and O–H groups in total. The molecule has 1 atom stereocenters. The van der Waals surface area contributed by atoms with Crippen LogP contribution in [0.25, 0.3) is 16.5 Å². The smallest absolute Gasteiger partial charge is 0.222 e. The van der Waals surface area contributed by atoms with Crippen molar-refractivity contribution in [2.45, 2.75) is 24.3 Å². The van der Waals surface area contributed by atoms with Gasteiger partial charge in [0.1, 0.15) is 5.03 Å². The number of H-pyrrole nitrogens is 1. The molecule has 0 unspecified atom stereocenters. The van der Waals surface area contributed by atoms with Gasteiger partial charge >= 0.3 is 0 Å². The molecule has 158 valence electrons. The molecule has 0 fully saturated rings. The first kappa shape index (κ1) is 19.8. The summed E-state index contributed by atoms with van der Waals surface area (Å²) in [7, 11) is -1.89. The van der Waals surface area contributed by atoms with Crippen LogP contribution >= 0.6 is 0 Å². The molecule has 1 aliphatic heterocycles. The monoisotopic (exact) mass is 433 g/mol. The van der Waals surface area contributed by atoms with Crippen LogP contribution in [0, 0.1) is 6.92 Å². The molecule has 2 aliphatic rings. The van der Waals surface area contributed by atoms with Crippen molar-refractivity contribution in [3.8, 4) is 0 Å². The summed E-state index contributed by atoms with van der Waals surface area (Å²) in [5.74, 6) is 0. The molecule has 0 saturated heterocycles. The second-order valence-electron chi connectivity index (χ2n) is 8.21. The standard InChI is InChI=1S/C24H23N3O3S/c1-15-6-8-18(9-7-15)31(29,30)24(26-14-28)17-10-20-19-4-3-5-21-23(19)16(12-25-21)11-22(20)27(2)13-17/h3-10,12,14,22,25H,11,13H2,1-2H3,(H,26,28)/b24-17+/t22-/m1/s1. The summed E-state index contributed by atoms with van der Waals surface area (Å²) in [5, 5.41) is 3.62. The first-order valence-corrected chi connectivity index (χ1v) is 11.6. The summed E-state index contributed by atoms with van der Waals surface area (Å²) < 4.78 is 26.8. The minimum Gasteiger partial charge on any atom is -0.361 e. The van der Waals surface area contributed by atoms with Gasteiger partial charge in [-0.15, -0.1) is 0 Å². The van der Waals surface area contributed by atoms with E-state index in [0.717, 1.165) is 28.6 Å². The number of nitrogens with zero attached hydrogens (tertiary/aromatic N) is 1. The van der Waals surface area contributed by atoms with Crippen molar-refractivity contribution in [3.05, 3.63) is 82.0 Å². The lowest BCUT2D eigenvalue weighted by atomic mass is 9.81. The van der Waals surface area contributed by atoms with Crippen molar-refractivity contribution >= 4 is 32.7 Å². The van der Waals surface area contributed by atoms with E-state index in [0.29, 0.717) is 18.5 Å². The Morgan fingerprint density at radius 3 is 2.71 bits per heavy atom. The largest absolute Gasteiger partial charge is 0.361 e. The Labute approximate surface area is 181 Å². The number of likely N-dealkylation sites (N-methyl/N-ethyl adjacent to an activating group) is 1. The minimum atomic E-state index is -3.88. The van der Waals surface area contributed by atoms with Gasteiger partial charge in [-0.2, -0.15) is 0 Å². The van der Waals surface area contributed by atoms with E-state index >= 15 is 0 Å². The van der Waals surface area contributed by atoms with Crippen molar-refractivity contribution in [1.29, 1.82) is 0 Å². The van der Waals surface area contributed by atoms with Crippen LogP contribution in [0.4, 0.5) is 0 Å². The number of amides is 1. The number of aromatic nitrogens is 1. The fourth-order valence-corrected chi connectivity index (χ4v) is 6.11. The van der Waals surface area contributed by atoms with Gasteiger partial charge in [0.25, 0.3) is 0 Å². The van der Waals surface area contributed by atoms with Crippen molar-refractivity contribution in [3.63, 3.8) is 0 Å². The van der Waals surface area contributed by atoms with Crippen molar-refractivity contribution in [1.82, 2.24) is 15.2 Å². The minimum absolute atomic E-state index is 0.0591. The number of fused-ring (bicyclic) bond motifs is 2. The number of sulfone groups is 1. The molecule has 7 heteroatoms. The SMILES string of the molecule is Cc1ccc(S(=O)(=O)/C(NC=O)=C2\C=C3c4cccc5[nH]cc(c45)C[C@H]3N(C)C2)cc1. The molecule has 1 aromatic heterocycles. The van der Waals surface area contributed by atoms with Crippen LogP contribution < -0.4 is 5.32 Å². The van der Waals surface area contributed by atoms with Gasteiger partial charge in [0.15, 0.2) is 0 Å². The number of carbonyl (C=O) groups excluding carboxylic acids is 1.